The molecule has 0 saturated carbocycles. The number of carboxylic acids is 2. The minimum absolute atomic E-state index is 0.164. The van der Waals surface area contributed by atoms with Gasteiger partial charge in [-0.05, 0) is 5.57 Å². The summed E-state index contributed by atoms with van der Waals surface area (Å²) in [6.07, 6.45) is 0. The van der Waals surface area contributed by atoms with Crippen molar-refractivity contribution in [3.63, 3.8) is 0 Å². The third kappa shape index (κ3) is 2.65. The Hall–Kier alpha value is -1.25. The highest BCUT2D eigenvalue weighted by Gasteiger charge is 2.31. The second-order valence-electron chi connectivity index (χ2n) is 3.18. The Bertz CT molecular complexity index is 343. The van der Waals surface area contributed by atoms with Gasteiger partial charge in [0, 0.05) is 5.75 Å². The predicted molar refractivity (Wildman–Crippen MR) is 56.7 cm³/mol. The van der Waals surface area contributed by atoms with Crippen LogP contribution in [0.1, 0.15) is 0 Å². The summed E-state index contributed by atoms with van der Waals surface area (Å²) in [6, 6.07) is -1.19. The lowest BCUT2D eigenvalue weighted by Gasteiger charge is -2.28. The average molecular weight is 248 g/mol. The molecule has 1 rings (SSSR count). The van der Waals surface area contributed by atoms with Gasteiger partial charge in [-0.15, -0.1) is 11.8 Å². The first-order chi connectivity index (χ1) is 7.47. The van der Waals surface area contributed by atoms with Gasteiger partial charge in [0.2, 0.25) is 0 Å². The molecule has 0 amide bonds. The lowest BCUT2D eigenvalue weighted by molar-refractivity contribution is -0.139. The summed E-state index contributed by atoms with van der Waals surface area (Å²) >= 11 is 1.16. The number of nitrogens with one attached hydrogen (secondary N) is 1. The summed E-state index contributed by atoms with van der Waals surface area (Å²) in [6.45, 7) is -0.378. The lowest BCUT2D eigenvalue weighted by atomic mass is 10.2. The smallest absolute Gasteiger partial charge is 0.352 e. The Kier molecular flexibility index (Phi) is 4.16. The first-order valence-electron chi connectivity index (χ1n) is 4.40. The van der Waals surface area contributed by atoms with Crippen LogP contribution in [0.4, 0.5) is 0 Å². The minimum atomic E-state index is -1.23. The van der Waals surface area contributed by atoms with E-state index >= 15 is 0 Å². The maximum atomic E-state index is 10.8. The number of aliphatic hydroxyl groups is 1. The van der Waals surface area contributed by atoms with Crippen molar-refractivity contribution >= 4 is 23.7 Å². The SMILES string of the molecule is NC(C(=O)O)C1NC(C(=O)O)=C(CO)CS1. The summed E-state index contributed by atoms with van der Waals surface area (Å²) in [5, 5.41) is 28.3. The van der Waals surface area contributed by atoms with Crippen LogP contribution >= 0.6 is 11.8 Å². The number of aliphatic hydroxyl groups excluding tert-OH is 1. The molecule has 0 spiro atoms. The third-order valence-electron chi connectivity index (χ3n) is 2.09. The average Bonchev–Trinajstić information content (AvgIpc) is 2.26. The van der Waals surface area contributed by atoms with E-state index in [9.17, 15) is 9.59 Å². The maximum absolute atomic E-state index is 10.8. The summed E-state index contributed by atoms with van der Waals surface area (Å²) in [7, 11) is 0. The molecule has 2 atom stereocenters. The molecule has 0 bridgehead atoms. The number of hydrogen-bond donors (Lipinski definition) is 5. The van der Waals surface area contributed by atoms with Gasteiger partial charge >= 0.3 is 11.9 Å². The summed E-state index contributed by atoms with van der Waals surface area (Å²) < 4.78 is 0. The summed E-state index contributed by atoms with van der Waals surface area (Å²) in [5.74, 6) is -2.19. The number of carboxylic acid groups (broad SMARTS) is 2. The highest BCUT2D eigenvalue weighted by molar-refractivity contribution is 8.00. The normalized spacial score (nSPS) is 22.5. The minimum Gasteiger partial charge on any atom is -0.480 e. The number of hydrogen-bond acceptors (Lipinski definition) is 6. The molecule has 0 aliphatic carbocycles. The molecule has 2 unspecified atom stereocenters. The van der Waals surface area contributed by atoms with Crippen molar-refractivity contribution in [3.05, 3.63) is 11.3 Å². The molecule has 90 valence electrons. The summed E-state index contributed by atoms with van der Waals surface area (Å²) in [5.41, 5.74) is 5.54. The number of nitrogens with two attached hydrogens (primary N) is 1. The molecule has 0 aromatic heterocycles. The molecule has 1 aliphatic heterocycles. The van der Waals surface area contributed by atoms with E-state index in [1.54, 1.807) is 0 Å². The molecule has 0 aromatic rings. The van der Waals surface area contributed by atoms with Crippen LogP contribution in [0.25, 0.3) is 0 Å². The van der Waals surface area contributed by atoms with Crippen LogP contribution in [0.15, 0.2) is 11.3 Å². The van der Waals surface area contributed by atoms with E-state index in [4.69, 9.17) is 21.1 Å². The van der Waals surface area contributed by atoms with E-state index in [1.807, 2.05) is 0 Å². The maximum Gasteiger partial charge on any atom is 0.352 e. The van der Waals surface area contributed by atoms with E-state index in [2.05, 4.69) is 5.32 Å². The van der Waals surface area contributed by atoms with Crippen molar-refractivity contribution in [2.24, 2.45) is 5.73 Å². The van der Waals surface area contributed by atoms with Crippen molar-refractivity contribution in [2.75, 3.05) is 12.4 Å². The summed E-state index contributed by atoms with van der Waals surface area (Å²) in [4.78, 5) is 21.5. The Morgan fingerprint density at radius 1 is 1.56 bits per heavy atom. The molecular formula is C8H12N2O5S. The van der Waals surface area contributed by atoms with Gasteiger partial charge in [-0.1, -0.05) is 0 Å². The molecule has 0 fully saturated rings. The van der Waals surface area contributed by atoms with Crippen LogP contribution in [0.2, 0.25) is 0 Å². The van der Waals surface area contributed by atoms with Gasteiger partial charge in [-0.2, -0.15) is 0 Å². The molecule has 0 radical (unpaired) electrons. The first kappa shape index (κ1) is 12.8. The molecule has 0 saturated heterocycles. The Morgan fingerprint density at radius 2 is 2.19 bits per heavy atom. The van der Waals surface area contributed by atoms with Gasteiger partial charge in [0.1, 0.15) is 11.7 Å². The number of rotatable bonds is 4. The van der Waals surface area contributed by atoms with E-state index < -0.39 is 23.4 Å². The standard InChI is InChI=1S/C8H12N2O5S/c9-4(7(12)13)6-10-5(8(14)15)3(1-11)2-16-6/h4,6,10-11H,1-2,9H2,(H,12,13)(H,14,15). The molecule has 8 heteroatoms. The fourth-order valence-corrected chi connectivity index (χ4v) is 2.35. The number of thioether (sulfide) groups is 1. The molecule has 6 N–H and O–H groups in total. The largest absolute Gasteiger partial charge is 0.480 e. The molecule has 16 heavy (non-hydrogen) atoms. The number of aliphatic carboxylic acids is 2. The Labute approximate surface area is 95.3 Å². The van der Waals surface area contributed by atoms with Crippen molar-refractivity contribution in [2.45, 2.75) is 11.4 Å². The van der Waals surface area contributed by atoms with Crippen LogP contribution in [-0.4, -0.2) is 51.0 Å². The van der Waals surface area contributed by atoms with Crippen LogP contribution in [0.5, 0.6) is 0 Å². The highest BCUT2D eigenvalue weighted by atomic mass is 32.2. The Morgan fingerprint density at radius 3 is 2.62 bits per heavy atom. The van der Waals surface area contributed by atoms with Gasteiger partial charge < -0.3 is 26.4 Å². The lowest BCUT2D eigenvalue weighted by Crippen LogP contribution is -2.50. The second kappa shape index (κ2) is 5.19. The molecule has 1 heterocycles. The van der Waals surface area contributed by atoms with Crippen LogP contribution in [-0.2, 0) is 9.59 Å². The van der Waals surface area contributed by atoms with Crippen LogP contribution < -0.4 is 11.1 Å². The van der Waals surface area contributed by atoms with Gasteiger partial charge in [-0.25, -0.2) is 4.79 Å². The van der Waals surface area contributed by atoms with E-state index in [0.29, 0.717) is 5.57 Å². The van der Waals surface area contributed by atoms with E-state index in [0.717, 1.165) is 11.8 Å². The van der Waals surface area contributed by atoms with Crippen LogP contribution in [0.3, 0.4) is 0 Å². The highest BCUT2D eigenvalue weighted by Crippen LogP contribution is 2.23. The quantitative estimate of drug-likeness (QED) is 0.401. The fourth-order valence-electron chi connectivity index (χ4n) is 1.21. The van der Waals surface area contributed by atoms with Crippen molar-refractivity contribution < 1.29 is 24.9 Å². The van der Waals surface area contributed by atoms with Gasteiger partial charge in [0.25, 0.3) is 0 Å². The zero-order valence-corrected chi connectivity index (χ0v) is 9.03. The third-order valence-corrected chi connectivity index (χ3v) is 3.38. The van der Waals surface area contributed by atoms with Crippen molar-refractivity contribution in [3.8, 4) is 0 Å². The molecule has 7 nitrogen and oxygen atoms in total. The van der Waals surface area contributed by atoms with Gasteiger partial charge in [0.05, 0.1) is 12.0 Å². The topological polar surface area (TPSA) is 133 Å². The fraction of sp³-hybridized carbons (Fsp3) is 0.500. The predicted octanol–water partition coefficient (Wildman–Crippen LogP) is -1.61. The second-order valence-corrected chi connectivity index (χ2v) is 4.31. The van der Waals surface area contributed by atoms with Gasteiger partial charge in [-0.3, -0.25) is 4.79 Å². The van der Waals surface area contributed by atoms with Crippen molar-refractivity contribution in [1.29, 1.82) is 0 Å². The first-order valence-corrected chi connectivity index (χ1v) is 5.45. The van der Waals surface area contributed by atoms with Crippen LogP contribution in [0, 0.1) is 0 Å². The van der Waals surface area contributed by atoms with E-state index in [1.165, 1.54) is 0 Å². The molecule has 0 aromatic carbocycles. The molecular weight excluding hydrogens is 236 g/mol. The molecule has 1 aliphatic rings. The zero-order valence-electron chi connectivity index (χ0n) is 8.21. The monoisotopic (exact) mass is 248 g/mol. The Balaban J connectivity index is 2.84. The zero-order chi connectivity index (χ0) is 12.3. The van der Waals surface area contributed by atoms with E-state index in [-0.39, 0.29) is 18.1 Å². The number of carbonyl (C=O) groups is 2. The van der Waals surface area contributed by atoms with Gasteiger partial charge in [0.15, 0.2) is 0 Å². The van der Waals surface area contributed by atoms with Crippen molar-refractivity contribution in [1.82, 2.24) is 5.32 Å².